The van der Waals surface area contributed by atoms with Gasteiger partial charge in [-0.05, 0) is 117 Å². The summed E-state index contributed by atoms with van der Waals surface area (Å²) in [6, 6.07) is 97.9. The Balaban J connectivity index is 1.07. The molecule has 17 rings (SSSR count). The SMILES string of the molecule is CC1(C)c2ccccc2N(c2cc3c(o2)C2(c4ccccc4N(c4ccccc4)c4ccccc42)c2cc(N4c5ccccc5C(C)(C)c5ccccc54)oc2C32c3ccccc3N(c3ccccc3)c3ccccc32)c2ccccc21. The largest absolute Gasteiger partial charge is 0.443 e. The van der Waals surface area contributed by atoms with Crippen LogP contribution in [-0.2, 0) is 21.7 Å². The third kappa shape index (κ3) is 5.88. The van der Waals surface area contributed by atoms with E-state index >= 15 is 0 Å². The molecule has 2 spiro atoms. The Labute approximate surface area is 478 Å². The van der Waals surface area contributed by atoms with Gasteiger partial charge in [0.05, 0.1) is 45.5 Å². The molecule has 6 heteroatoms. The third-order valence-corrected chi connectivity index (χ3v) is 18.9. The van der Waals surface area contributed by atoms with Gasteiger partial charge in [0.15, 0.2) is 0 Å². The lowest BCUT2D eigenvalue weighted by Gasteiger charge is -2.52. The predicted molar refractivity (Wildman–Crippen MR) is 331 cm³/mol. The van der Waals surface area contributed by atoms with Gasteiger partial charge in [-0.25, -0.2) is 0 Å². The zero-order valence-corrected chi connectivity index (χ0v) is 46.0. The van der Waals surface area contributed by atoms with E-state index in [1.54, 1.807) is 0 Å². The number of rotatable bonds is 4. The highest BCUT2D eigenvalue weighted by molar-refractivity contribution is 5.97. The molecule has 0 amide bonds. The minimum atomic E-state index is -1.10. The van der Waals surface area contributed by atoms with Crippen molar-refractivity contribution >= 4 is 68.6 Å². The number of furan rings is 2. The summed E-state index contributed by atoms with van der Waals surface area (Å²) < 4.78 is 16.7. The van der Waals surface area contributed by atoms with Gasteiger partial charge in [-0.3, -0.25) is 9.80 Å². The molecule has 0 saturated heterocycles. The summed E-state index contributed by atoms with van der Waals surface area (Å²) in [5.41, 5.74) is 19.3. The fraction of sp³-hybridized carbons (Fsp3) is 0.105. The Kier molecular flexibility index (Phi) is 9.57. The summed E-state index contributed by atoms with van der Waals surface area (Å²) in [6.07, 6.45) is 0. The summed E-state index contributed by atoms with van der Waals surface area (Å²) in [5, 5.41) is 0. The van der Waals surface area contributed by atoms with Crippen molar-refractivity contribution in [2.24, 2.45) is 0 Å². The molecule has 0 fully saturated rings. The highest BCUT2D eigenvalue weighted by atomic mass is 16.4. The normalized spacial score (nSPS) is 16.3. The van der Waals surface area contributed by atoms with E-state index < -0.39 is 10.8 Å². The Morgan fingerprint density at radius 2 is 0.451 bits per heavy atom. The van der Waals surface area contributed by atoms with Gasteiger partial charge in [-0.15, -0.1) is 0 Å². The minimum absolute atomic E-state index is 0.290. The number of benzene rings is 10. The van der Waals surface area contributed by atoms with Crippen molar-refractivity contribution in [3.63, 3.8) is 0 Å². The Hall–Kier alpha value is -10.0. The highest BCUT2D eigenvalue weighted by Gasteiger charge is 2.64. The van der Waals surface area contributed by atoms with Crippen LogP contribution in [0.15, 0.2) is 276 Å². The van der Waals surface area contributed by atoms with Gasteiger partial charge in [0.1, 0.15) is 22.4 Å². The topological polar surface area (TPSA) is 39.2 Å². The second kappa shape index (κ2) is 16.8. The van der Waals surface area contributed by atoms with Gasteiger partial charge in [0, 0.05) is 45.5 Å². The molecule has 5 aliphatic rings. The van der Waals surface area contributed by atoms with Crippen LogP contribution >= 0.6 is 0 Å². The summed E-state index contributed by atoms with van der Waals surface area (Å²) >= 11 is 0. The van der Waals surface area contributed by atoms with Crippen LogP contribution in [0.5, 0.6) is 0 Å². The summed E-state index contributed by atoms with van der Waals surface area (Å²) in [4.78, 5) is 9.65. The standard InChI is InChI=1S/C76H56N4O2/c1-73(2)51-31-11-19-39-61(51)79(62-40-20-12-32-52(62)73)69-47-59-71(81-69)76(57-37-17-25-45-67(57)78(50-29-9-6-10-30-50)68-46-26-18-38-58(68)76)60-48-70(80-63-41-21-13-33-53(63)74(3,4)54-34-14-22-42-64(54)80)82-72(60)75(59)55-35-15-23-43-65(55)77(49-27-7-5-8-28-49)66-44-24-16-36-56(66)75/h5-48H,1-4H3. The molecule has 82 heavy (non-hydrogen) atoms. The molecule has 0 atom stereocenters. The average Bonchev–Trinajstić information content (AvgIpc) is 1.87. The zero-order valence-electron chi connectivity index (χ0n) is 46.0. The monoisotopic (exact) mass is 1060 g/mol. The number of hydrogen-bond acceptors (Lipinski definition) is 6. The Morgan fingerprint density at radius 3 is 0.720 bits per heavy atom. The van der Waals surface area contributed by atoms with Crippen molar-refractivity contribution in [1.29, 1.82) is 0 Å². The number of nitrogens with zero attached hydrogens (tertiary/aromatic N) is 4. The van der Waals surface area contributed by atoms with Crippen molar-refractivity contribution in [3.8, 4) is 0 Å². The zero-order chi connectivity index (χ0) is 54.7. The first-order valence-electron chi connectivity index (χ1n) is 28.6. The lowest BCUT2D eigenvalue weighted by Crippen LogP contribution is -2.48. The second-order valence-corrected chi connectivity index (χ2v) is 23.6. The second-order valence-electron chi connectivity index (χ2n) is 23.6. The molecule has 1 aliphatic carbocycles. The van der Waals surface area contributed by atoms with Crippen LogP contribution < -0.4 is 19.6 Å². The van der Waals surface area contributed by atoms with E-state index in [4.69, 9.17) is 8.83 Å². The Morgan fingerprint density at radius 1 is 0.232 bits per heavy atom. The van der Waals surface area contributed by atoms with E-state index in [2.05, 4.69) is 314 Å². The lowest BCUT2D eigenvalue weighted by atomic mass is 9.53. The molecular formula is C76H56N4O2. The van der Waals surface area contributed by atoms with Gasteiger partial charge in [0.2, 0.25) is 11.8 Å². The molecule has 4 aliphatic heterocycles. The molecular weight excluding hydrogens is 1000 g/mol. The van der Waals surface area contributed by atoms with E-state index in [9.17, 15) is 0 Å². The number of anilines is 12. The maximum Gasteiger partial charge on any atom is 0.205 e. The fourth-order valence-electron chi connectivity index (χ4n) is 15.4. The van der Waals surface area contributed by atoms with Gasteiger partial charge < -0.3 is 18.6 Å². The van der Waals surface area contributed by atoms with Crippen LogP contribution in [0.2, 0.25) is 0 Å². The molecule has 6 nitrogen and oxygen atoms in total. The fourth-order valence-corrected chi connectivity index (χ4v) is 15.4. The van der Waals surface area contributed by atoms with Crippen LogP contribution in [-0.4, -0.2) is 0 Å². The Bertz CT molecular complexity index is 4050. The van der Waals surface area contributed by atoms with Crippen molar-refractivity contribution < 1.29 is 8.83 Å². The summed E-state index contributed by atoms with van der Waals surface area (Å²) in [6.45, 7) is 9.38. The highest BCUT2D eigenvalue weighted by Crippen LogP contribution is 2.71. The lowest BCUT2D eigenvalue weighted by molar-refractivity contribution is 0.397. The van der Waals surface area contributed by atoms with E-state index in [0.29, 0.717) is 0 Å². The van der Waals surface area contributed by atoms with E-state index in [-0.39, 0.29) is 10.8 Å². The first kappa shape index (κ1) is 46.8. The first-order valence-corrected chi connectivity index (χ1v) is 28.6. The third-order valence-electron chi connectivity index (χ3n) is 18.9. The van der Waals surface area contributed by atoms with Crippen LogP contribution in [0, 0.1) is 0 Å². The first-order chi connectivity index (χ1) is 40.2. The molecule has 6 heterocycles. The maximum absolute atomic E-state index is 8.33. The molecule has 12 aromatic rings. The molecule has 0 unspecified atom stereocenters. The molecule has 0 N–H and O–H groups in total. The van der Waals surface area contributed by atoms with Crippen LogP contribution in [0.3, 0.4) is 0 Å². The summed E-state index contributed by atoms with van der Waals surface area (Å²) in [5.74, 6) is 3.14. The van der Waals surface area contributed by atoms with E-state index in [1.165, 1.54) is 22.3 Å². The number of hydrogen-bond donors (Lipinski definition) is 0. The van der Waals surface area contributed by atoms with Gasteiger partial charge in [-0.2, -0.15) is 0 Å². The van der Waals surface area contributed by atoms with E-state index in [1.807, 2.05) is 0 Å². The smallest absolute Gasteiger partial charge is 0.205 e. The van der Waals surface area contributed by atoms with Crippen LogP contribution in [0.1, 0.15) is 94.8 Å². The molecule has 2 aromatic heterocycles. The maximum atomic E-state index is 8.33. The molecule has 0 radical (unpaired) electrons. The van der Waals surface area contributed by atoms with E-state index in [0.717, 1.165) is 114 Å². The number of para-hydroxylation sites is 10. The molecule has 10 aromatic carbocycles. The van der Waals surface area contributed by atoms with Gasteiger partial charge >= 0.3 is 0 Å². The summed E-state index contributed by atoms with van der Waals surface area (Å²) in [7, 11) is 0. The minimum Gasteiger partial charge on any atom is -0.443 e. The molecule has 0 bridgehead atoms. The van der Waals surface area contributed by atoms with Crippen molar-refractivity contribution in [3.05, 3.63) is 334 Å². The van der Waals surface area contributed by atoms with Crippen LogP contribution in [0.25, 0.3) is 0 Å². The van der Waals surface area contributed by atoms with Crippen LogP contribution in [0.4, 0.5) is 68.6 Å². The quantitative estimate of drug-likeness (QED) is 0.175. The van der Waals surface area contributed by atoms with Gasteiger partial charge in [-0.1, -0.05) is 210 Å². The molecule has 0 saturated carbocycles. The van der Waals surface area contributed by atoms with Crippen molar-refractivity contribution in [1.82, 2.24) is 0 Å². The molecule has 392 valence electrons. The van der Waals surface area contributed by atoms with Crippen molar-refractivity contribution in [2.45, 2.75) is 49.4 Å². The van der Waals surface area contributed by atoms with Crippen molar-refractivity contribution in [2.75, 3.05) is 19.6 Å². The van der Waals surface area contributed by atoms with Gasteiger partial charge in [0.25, 0.3) is 0 Å². The number of fused-ring (bicyclic) bond motifs is 18. The predicted octanol–water partition coefficient (Wildman–Crippen LogP) is 19.7. The average molecular weight is 1060 g/mol.